The fourth-order valence-electron chi connectivity index (χ4n) is 17.3. The van der Waals surface area contributed by atoms with Crippen molar-refractivity contribution in [1.82, 2.24) is 0 Å². The molecule has 14 N–H and O–H groups in total. The van der Waals surface area contributed by atoms with Crippen LogP contribution in [0.15, 0.2) is 194 Å². The molecule has 12 heteroatoms. The number of hydrogen-bond donors (Lipinski definition) is 6. The minimum Gasteiger partial charge on any atom is -0.481 e. The third kappa shape index (κ3) is 34.7. The number of carboxylic acid groups (broad SMARTS) is 1. The summed E-state index contributed by atoms with van der Waals surface area (Å²) in [5.74, 6) is 1.02. The van der Waals surface area contributed by atoms with Crippen LogP contribution in [0.5, 0.6) is 0 Å². The number of aldehydes is 1. The van der Waals surface area contributed by atoms with Gasteiger partial charge in [0.1, 0.15) is 6.29 Å². The topological polar surface area (TPSA) is 242 Å². The van der Waals surface area contributed by atoms with Crippen molar-refractivity contribution in [3.63, 3.8) is 0 Å². The number of fused-ring (bicyclic) bond motifs is 8. The normalized spacial score (nSPS) is 14.7. The van der Waals surface area contributed by atoms with Crippen molar-refractivity contribution in [3.05, 3.63) is 299 Å². The van der Waals surface area contributed by atoms with Gasteiger partial charge in [-0.2, -0.15) is 0 Å². The van der Waals surface area contributed by atoms with Crippen molar-refractivity contribution in [2.24, 2.45) is 40.7 Å². The van der Waals surface area contributed by atoms with Gasteiger partial charge in [0.15, 0.2) is 0 Å². The van der Waals surface area contributed by atoms with E-state index in [1.165, 1.54) is 173 Å². The van der Waals surface area contributed by atoms with E-state index < -0.39 is 11.6 Å². The van der Waals surface area contributed by atoms with E-state index in [9.17, 15) is 14.7 Å². The number of aryl methyl sites for hydroxylation is 8. The van der Waals surface area contributed by atoms with E-state index in [4.69, 9.17) is 28.0 Å². The molecular weight excluding hydrogens is 1820 g/mol. The predicted molar refractivity (Wildman–Crippen MR) is 468 cm³/mol. The van der Waals surface area contributed by atoms with Crippen molar-refractivity contribution < 1.29 is 119 Å². The molecule has 0 heterocycles. The number of allylic oxidation sites excluding steroid dienone is 1. The number of aliphatic carboxylic acids is 1. The number of hydrogen-bond acceptors (Lipinski definition) is 7. The zero-order valence-electron chi connectivity index (χ0n) is 70.6. The fraction of sp³-hybridized carbons (Fsp3) is 0.446. The smallest absolute Gasteiger partial charge is 0.303 e. The Bertz CT molecular complexity index is 4340. The maximum atomic E-state index is 10.5. The Morgan fingerprint density at radius 1 is 0.363 bits per heavy atom. The number of carboxylic acids is 1. The Labute approximate surface area is 751 Å². The summed E-state index contributed by atoms with van der Waals surface area (Å²) in [6, 6.07) is 67.2. The van der Waals surface area contributed by atoms with Crippen LogP contribution in [-0.4, -0.2) is 61.2 Å². The van der Waals surface area contributed by atoms with E-state index in [0.717, 1.165) is 82.0 Å². The summed E-state index contributed by atoms with van der Waals surface area (Å²) in [6.45, 7) is 24.8. The van der Waals surface area contributed by atoms with Crippen LogP contribution in [0.4, 0.5) is 0 Å². The summed E-state index contributed by atoms with van der Waals surface area (Å²) >= 11 is 0. The van der Waals surface area contributed by atoms with Crippen LogP contribution in [0.3, 0.4) is 0 Å². The van der Waals surface area contributed by atoms with E-state index in [-0.39, 0.29) is 121 Å². The number of rotatable bonds is 14. The molecule has 7 aliphatic rings. The maximum Gasteiger partial charge on any atom is 0.303 e. The summed E-state index contributed by atoms with van der Waals surface area (Å²) in [5, 5.41) is 21.0. The van der Waals surface area contributed by atoms with E-state index in [1.807, 2.05) is 38.1 Å². The van der Waals surface area contributed by atoms with E-state index >= 15 is 0 Å². The first-order chi connectivity index (χ1) is 51.6. The van der Waals surface area contributed by atoms with Crippen molar-refractivity contribution in [2.75, 3.05) is 0 Å². The van der Waals surface area contributed by atoms with Crippen LogP contribution in [0.1, 0.15) is 245 Å². The summed E-state index contributed by atoms with van der Waals surface area (Å²) < 4.78 is 0. The Morgan fingerprint density at radius 2 is 0.673 bits per heavy atom. The second-order valence-corrected chi connectivity index (χ2v) is 36.5. The monoisotopic (exact) mass is 1960 g/mol. The molecule has 0 aliphatic heterocycles. The minimum absolute atomic E-state index is 0. The molecule has 0 saturated carbocycles. The number of carbonyl (C=O) groups is 2. The first kappa shape index (κ1) is 98.3. The molecule has 0 unspecified atom stereocenters. The van der Waals surface area contributed by atoms with Crippen LogP contribution in [0.25, 0.3) is 16.8 Å². The molecule has 0 atom stereocenters. The maximum absolute atomic E-state index is 10.5. The van der Waals surface area contributed by atoms with Gasteiger partial charge in [0.2, 0.25) is 0 Å². The molecule has 602 valence electrons. The van der Waals surface area contributed by atoms with E-state index in [1.54, 1.807) is 33.4 Å². The third-order valence-corrected chi connectivity index (χ3v) is 21.7. The molecule has 7 aliphatic carbocycles. The SMILES string of the molecule is CC(C)(N)CC1Cc2ccccc2C1.CC(C)(N)Cc1ccc2c(c1)CCC2.CC(C)(N)Cc1ccc2c(c1)CCCC2.CC(C)(N)Cc1ccc2ccccc2c1.CC(C)(O)CC1Cc2ccccc2C1.CC(C)=Cc1ccc2c(c1)CCC2.O.O.O=C(O)CC1Cc2ccccc2C1.O=Cc1ccc2c(c1)CCC2.[Ac].[Ac]. The molecule has 0 saturated heterocycles. The first-order valence-electron chi connectivity index (χ1n) is 41.0. The Morgan fingerprint density at radius 3 is 1.04 bits per heavy atom. The predicted octanol–water partition coefficient (Wildman–Crippen LogP) is 19.3. The number of aliphatic hydroxyl groups is 1. The van der Waals surface area contributed by atoms with Gasteiger partial charge >= 0.3 is 5.97 Å². The minimum atomic E-state index is -0.683. The van der Waals surface area contributed by atoms with Crippen LogP contribution < -0.4 is 22.9 Å². The molecule has 2 radical (unpaired) electrons. The molecule has 113 heavy (non-hydrogen) atoms. The van der Waals surface area contributed by atoms with Gasteiger partial charge in [0.25, 0.3) is 0 Å². The van der Waals surface area contributed by atoms with Crippen molar-refractivity contribution >= 4 is 29.1 Å². The fourth-order valence-corrected chi connectivity index (χ4v) is 17.3. The zero-order valence-corrected chi connectivity index (χ0v) is 80.1. The number of carbonyl (C=O) groups excluding carboxylic acids is 1. The quantitative estimate of drug-likeness (QED) is 0.0571. The van der Waals surface area contributed by atoms with Crippen LogP contribution in [-0.2, 0) is 114 Å². The summed E-state index contributed by atoms with van der Waals surface area (Å²) in [5.41, 5.74) is 51.7. The average Bonchev–Trinajstić information content (AvgIpc) is 1.68. The molecule has 9 aromatic carbocycles. The average molecular weight is 1960 g/mol. The number of benzene rings is 9. The molecule has 0 fully saturated rings. The van der Waals surface area contributed by atoms with Gasteiger partial charge in [-0.25, -0.2) is 0 Å². The van der Waals surface area contributed by atoms with Gasteiger partial charge in [0.05, 0.1) is 5.60 Å². The summed E-state index contributed by atoms with van der Waals surface area (Å²) in [4.78, 5) is 20.9. The van der Waals surface area contributed by atoms with Crippen LogP contribution >= 0.6 is 0 Å². The van der Waals surface area contributed by atoms with Gasteiger partial charge in [-0.05, 0) is 372 Å². The van der Waals surface area contributed by atoms with Crippen molar-refractivity contribution in [2.45, 2.75) is 271 Å². The summed E-state index contributed by atoms with van der Waals surface area (Å²) in [6.07, 6.45) is 31.5. The van der Waals surface area contributed by atoms with Crippen molar-refractivity contribution in [1.29, 1.82) is 0 Å². The molecule has 0 amide bonds. The Kier molecular flexibility index (Phi) is 40.2. The van der Waals surface area contributed by atoms with Gasteiger partial charge in [-0.3, -0.25) is 9.59 Å². The van der Waals surface area contributed by atoms with Gasteiger partial charge in [-0.1, -0.05) is 194 Å². The number of nitrogens with two attached hydrogens (primary N) is 4. The zero-order chi connectivity index (χ0) is 78.5. The third-order valence-electron chi connectivity index (χ3n) is 21.7. The van der Waals surface area contributed by atoms with E-state index in [0.29, 0.717) is 18.3 Å². The molecule has 9 aromatic rings. The van der Waals surface area contributed by atoms with Crippen LogP contribution in [0, 0.1) is 106 Å². The first-order valence-corrected chi connectivity index (χ1v) is 41.0. The molecular formula is C101H136Ac2N4O6. The van der Waals surface area contributed by atoms with E-state index in [2.05, 4.69) is 239 Å². The largest absolute Gasteiger partial charge is 0.481 e. The standard InChI is InChI=1S/C14H21N.C14H17N.2C13H19N.C13H18O.C13H16.C11H12O2.C10H10O.2Ac.2H2O/c2*1-14(2,15)10-11-7-8-12-5-3-4-6-13(12)9-11;1-13(2,14)9-10-6-7-11-4-3-5-12(11)8-10;2*1-13(2,14)9-10-7-11-5-3-4-6-12(11)8-10;1-10(2)8-11-6-7-12-4-3-5-13(12)9-11;12-11(13)7-8-5-9-3-1-2-4-10(9)6-8;11-7-8-4-5-9-2-1-3-10(9)6-8;;;;/h7-9H,3-6,10,15H2,1-2H3;3-9H,10,15H2,1-2H3;6-8H,3-5,9,14H2,1-2H3;3-6,10H,7-9,14H2,1-2H3;3-6,10,14H,7-9H2,1-2H3;6-9H,3-5H2,1-2H3;1-4,8H,5-7H2,(H,12,13);4-7H,1-3H2;;;2*1H2. The molecule has 0 spiro atoms. The molecule has 0 aromatic heterocycles. The van der Waals surface area contributed by atoms with Gasteiger partial charge in [0, 0.05) is 122 Å². The Hall–Kier alpha value is -5.28. The molecule has 10 nitrogen and oxygen atoms in total. The van der Waals surface area contributed by atoms with Crippen molar-refractivity contribution in [3.8, 4) is 0 Å². The van der Waals surface area contributed by atoms with Crippen LogP contribution in [0.2, 0.25) is 0 Å². The molecule has 0 bridgehead atoms. The van der Waals surface area contributed by atoms with Gasteiger partial charge in [-0.15, -0.1) is 0 Å². The second kappa shape index (κ2) is 46.2. The summed E-state index contributed by atoms with van der Waals surface area (Å²) in [7, 11) is 0. The Balaban J connectivity index is 0.000000230. The molecule has 16 rings (SSSR count). The van der Waals surface area contributed by atoms with Gasteiger partial charge < -0.3 is 44.1 Å². The second-order valence-electron chi connectivity index (χ2n) is 36.5.